The van der Waals surface area contributed by atoms with Gasteiger partial charge in [0.05, 0.1) is 11.6 Å². The Balaban J connectivity index is 2.37. The van der Waals surface area contributed by atoms with Crippen LogP contribution in [0.4, 0.5) is 0 Å². The lowest BCUT2D eigenvalue weighted by Crippen LogP contribution is -2.29. The van der Waals surface area contributed by atoms with Crippen LogP contribution in [0.25, 0.3) is 10.9 Å². The molecule has 3 nitrogen and oxygen atoms in total. The van der Waals surface area contributed by atoms with Gasteiger partial charge in [-0.25, -0.2) is 0 Å². The number of fused-ring (bicyclic) bond motifs is 1. The molecule has 0 aliphatic carbocycles. The second-order valence-electron chi connectivity index (χ2n) is 3.64. The molecule has 0 saturated carbocycles. The van der Waals surface area contributed by atoms with Gasteiger partial charge in [0.15, 0.2) is 0 Å². The minimum Gasteiger partial charge on any atom is -0.271 e. The third kappa shape index (κ3) is 2.35. The predicted octanol–water partition coefficient (Wildman–Crippen LogP) is 2.10. The summed E-state index contributed by atoms with van der Waals surface area (Å²) in [6.07, 6.45) is 3.96. The third-order valence-corrected chi connectivity index (χ3v) is 3.22. The normalized spacial score (nSPS) is 12.9. The van der Waals surface area contributed by atoms with Crippen molar-refractivity contribution in [3.63, 3.8) is 0 Å². The Kier molecular flexibility index (Phi) is 3.77. The second-order valence-corrected chi connectivity index (χ2v) is 4.55. The highest BCUT2D eigenvalue weighted by molar-refractivity contribution is 7.98. The molecule has 1 atom stereocenters. The first-order valence-corrected chi connectivity index (χ1v) is 6.54. The molecule has 0 saturated heterocycles. The van der Waals surface area contributed by atoms with Gasteiger partial charge in [0.2, 0.25) is 0 Å². The fraction of sp³-hybridized carbons (Fsp3) is 0.250. The van der Waals surface area contributed by atoms with E-state index >= 15 is 0 Å². The third-order valence-electron chi connectivity index (χ3n) is 2.55. The van der Waals surface area contributed by atoms with Crippen LogP contribution in [-0.4, -0.2) is 17.0 Å². The number of hydrazine groups is 1. The number of hydrogen-bond donors (Lipinski definition) is 2. The van der Waals surface area contributed by atoms with Crippen LogP contribution < -0.4 is 11.3 Å². The van der Waals surface area contributed by atoms with Gasteiger partial charge in [0, 0.05) is 17.3 Å². The van der Waals surface area contributed by atoms with Crippen LogP contribution in [-0.2, 0) is 0 Å². The number of aromatic nitrogens is 1. The number of pyridine rings is 1. The maximum atomic E-state index is 5.54. The first kappa shape index (κ1) is 11.4. The highest BCUT2D eigenvalue weighted by Crippen LogP contribution is 2.19. The quantitative estimate of drug-likeness (QED) is 0.627. The minimum atomic E-state index is 0.159. The number of nitrogens with one attached hydrogen (secondary N) is 1. The summed E-state index contributed by atoms with van der Waals surface area (Å²) in [5.74, 6) is 6.48. The molecule has 4 heteroatoms. The SMILES string of the molecule is CSCC(NN)c1cnc2ccccc2c1. The Bertz CT molecular complexity index is 473. The molecule has 84 valence electrons. The molecule has 2 aromatic rings. The second kappa shape index (κ2) is 5.30. The van der Waals surface area contributed by atoms with Crippen molar-refractivity contribution < 1.29 is 0 Å². The van der Waals surface area contributed by atoms with E-state index in [4.69, 9.17) is 5.84 Å². The molecular formula is C12H15N3S. The zero-order chi connectivity index (χ0) is 11.4. The van der Waals surface area contributed by atoms with Crippen molar-refractivity contribution in [2.45, 2.75) is 6.04 Å². The van der Waals surface area contributed by atoms with E-state index < -0.39 is 0 Å². The van der Waals surface area contributed by atoms with Crippen LogP contribution in [0, 0.1) is 0 Å². The van der Waals surface area contributed by atoms with E-state index in [0.717, 1.165) is 22.2 Å². The van der Waals surface area contributed by atoms with Gasteiger partial charge in [-0.05, 0) is 24.0 Å². The van der Waals surface area contributed by atoms with Gasteiger partial charge < -0.3 is 0 Å². The molecule has 1 heterocycles. The lowest BCUT2D eigenvalue weighted by atomic mass is 10.1. The van der Waals surface area contributed by atoms with Crippen molar-refractivity contribution in [2.75, 3.05) is 12.0 Å². The van der Waals surface area contributed by atoms with Crippen molar-refractivity contribution in [2.24, 2.45) is 5.84 Å². The molecule has 0 spiro atoms. The van der Waals surface area contributed by atoms with Crippen molar-refractivity contribution in [1.29, 1.82) is 0 Å². The predicted molar refractivity (Wildman–Crippen MR) is 70.2 cm³/mol. The fourth-order valence-corrected chi connectivity index (χ4v) is 2.31. The number of thioether (sulfide) groups is 1. The first-order valence-electron chi connectivity index (χ1n) is 5.15. The molecule has 1 unspecified atom stereocenters. The lowest BCUT2D eigenvalue weighted by Gasteiger charge is -2.14. The van der Waals surface area contributed by atoms with E-state index in [1.807, 2.05) is 24.4 Å². The van der Waals surface area contributed by atoms with Crippen LogP contribution in [0.15, 0.2) is 36.5 Å². The summed E-state index contributed by atoms with van der Waals surface area (Å²) >= 11 is 1.76. The highest BCUT2D eigenvalue weighted by Gasteiger charge is 2.09. The van der Waals surface area contributed by atoms with Crippen LogP contribution >= 0.6 is 11.8 Å². The van der Waals surface area contributed by atoms with Gasteiger partial charge >= 0.3 is 0 Å². The van der Waals surface area contributed by atoms with Gasteiger partial charge in [0.1, 0.15) is 0 Å². The standard InChI is InChI=1S/C12H15N3S/c1-16-8-12(15-13)10-6-9-4-2-3-5-11(9)14-7-10/h2-7,12,15H,8,13H2,1H3. The monoisotopic (exact) mass is 233 g/mol. The topological polar surface area (TPSA) is 50.9 Å². The summed E-state index contributed by atoms with van der Waals surface area (Å²) in [7, 11) is 0. The van der Waals surface area contributed by atoms with E-state index in [1.165, 1.54) is 0 Å². The van der Waals surface area contributed by atoms with Gasteiger partial charge in [0.25, 0.3) is 0 Å². The Labute approximate surface area is 99.4 Å². The van der Waals surface area contributed by atoms with E-state index in [9.17, 15) is 0 Å². The molecule has 0 aliphatic rings. The fourth-order valence-electron chi connectivity index (χ4n) is 1.69. The van der Waals surface area contributed by atoms with Gasteiger partial charge in [-0.15, -0.1) is 0 Å². The molecule has 16 heavy (non-hydrogen) atoms. The zero-order valence-corrected chi connectivity index (χ0v) is 10.00. The minimum absolute atomic E-state index is 0.159. The van der Waals surface area contributed by atoms with Crippen LogP contribution in [0.1, 0.15) is 11.6 Å². The lowest BCUT2D eigenvalue weighted by molar-refractivity contribution is 0.610. The number of nitrogens with zero attached hydrogens (tertiary/aromatic N) is 1. The zero-order valence-electron chi connectivity index (χ0n) is 9.18. The summed E-state index contributed by atoms with van der Waals surface area (Å²) in [4.78, 5) is 4.43. The summed E-state index contributed by atoms with van der Waals surface area (Å²) in [5.41, 5.74) is 4.98. The van der Waals surface area contributed by atoms with Gasteiger partial charge in [-0.2, -0.15) is 11.8 Å². The largest absolute Gasteiger partial charge is 0.271 e. The molecule has 0 amide bonds. The summed E-state index contributed by atoms with van der Waals surface area (Å²) in [6, 6.07) is 10.4. The first-order chi connectivity index (χ1) is 7.85. The smallest absolute Gasteiger partial charge is 0.0702 e. The van der Waals surface area contributed by atoms with Crippen molar-refractivity contribution in [3.8, 4) is 0 Å². The molecule has 1 aromatic heterocycles. The molecular weight excluding hydrogens is 218 g/mol. The summed E-state index contributed by atoms with van der Waals surface area (Å²) in [5, 5.41) is 1.15. The van der Waals surface area contributed by atoms with Crippen LogP contribution in [0.2, 0.25) is 0 Å². The maximum absolute atomic E-state index is 5.54. The molecule has 0 bridgehead atoms. The molecule has 1 aromatic carbocycles. The average molecular weight is 233 g/mol. The van der Waals surface area contributed by atoms with Crippen molar-refractivity contribution in [1.82, 2.24) is 10.4 Å². The van der Waals surface area contributed by atoms with Gasteiger partial charge in [-0.1, -0.05) is 18.2 Å². The van der Waals surface area contributed by atoms with E-state index in [0.29, 0.717) is 0 Å². The number of nitrogens with two attached hydrogens (primary N) is 1. The molecule has 0 radical (unpaired) electrons. The molecule has 3 N–H and O–H groups in total. The van der Waals surface area contributed by atoms with E-state index in [2.05, 4.69) is 28.8 Å². The van der Waals surface area contributed by atoms with Crippen molar-refractivity contribution >= 4 is 22.7 Å². The number of benzene rings is 1. The number of rotatable bonds is 4. The Hall–Kier alpha value is -1.10. The Morgan fingerprint density at radius 2 is 2.25 bits per heavy atom. The van der Waals surface area contributed by atoms with Crippen molar-refractivity contribution in [3.05, 3.63) is 42.1 Å². The maximum Gasteiger partial charge on any atom is 0.0702 e. The van der Waals surface area contributed by atoms with E-state index in [-0.39, 0.29) is 6.04 Å². The highest BCUT2D eigenvalue weighted by atomic mass is 32.2. The molecule has 2 rings (SSSR count). The summed E-state index contributed by atoms with van der Waals surface area (Å²) < 4.78 is 0. The number of para-hydroxylation sites is 1. The van der Waals surface area contributed by atoms with Gasteiger partial charge in [-0.3, -0.25) is 16.3 Å². The Morgan fingerprint density at radius 1 is 1.44 bits per heavy atom. The summed E-state index contributed by atoms with van der Waals surface area (Å²) in [6.45, 7) is 0. The number of hydrogen-bond acceptors (Lipinski definition) is 4. The van der Waals surface area contributed by atoms with Crippen LogP contribution in [0.3, 0.4) is 0 Å². The molecule has 0 aliphatic heterocycles. The Morgan fingerprint density at radius 3 is 3.00 bits per heavy atom. The van der Waals surface area contributed by atoms with Crippen LogP contribution in [0.5, 0.6) is 0 Å². The molecule has 0 fully saturated rings. The average Bonchev–Trinajstić information content (AvgIpc) is 2.35. The van der Waals surface area contributed by atoms with E-state index in [1.54, 1.807) is 11.8 Å².